The van der Waals surface area contributed by atoms with Crippen molar-refractivity contribution in [2.24, 2.45) is 0 Å². The first-order valence-corrected chi connectivity index (χ1v) is 10.7. The van der Waals surface area contributed by atoms with Gasteiger partial charge in [-0.25, -0.2) is 9.78 Å². The van der Waals surface area contributed by atoms with Crippen molar-refractivity contribution in [3.63, 3.8) is 0 Å². The predicted molar refractivity (Wildman–Crippen MR) is 120 cm³/mol. The molecular weight excluding hydrogens is 376 g/mol. The third-order valence-corrected chi connectivity index (χ3v) is 6.24. The minimum Gasteiger partial charge on any atom is -0.398 e. The van der Waals surface area contributed by atoms with Crippen molar-refractivity contribution in [2.75, 3.05) is 12.8 Å². The van der Waals surface area contributed by atoms with Gasteiger partial charge in [-0.2, -0.15) is 0 Å². The van der Waals surface area contributed by atoms with Crippen LogP contribution < -0.4 is 5.73 Å². The first-order chi connectivity index (χ1) is 14.6. The van der Waals surface area contributed by atoms with Gasteiger partial charge in [-0.15, -0.1) is 0 Å². The van der Waals surface area contributed by atoms with Crippen molar-refractivity contribution in [1.29, 1.82) is 0 Å². The molecule has 2 aromatic carbocycles. The van der Waals surface area contributed by atoms with E-state index >= 15 is 0 Å². The van der Waals surface area contributed by atoms with Crippen molar-refractivity contribution in [3.8, 4) is 11.3 Å². The number of nitrogens with zero attached hydrogens (tertiary/aromatic N) is 1. The predicted octanol–water partition coefficient (Wildman–Crippen LogP) is 5.52. The molecule has 4 rings (SSSR count). The molecule has 1 saturated carbocycles. The van der Waals surface area contributed by atoms with Crippen LogP contribution in [0.4, 0.5) is 5.69 Å². The summed E-state index contributed by atoms with van der Waals surface area (Å²) >= 11 is 0. The van der Waals surface area contributed by atoms with Crippen LogP contribution in [0.15, 0.2) is 36.4 Å². The summed E-state index contributed by atoms with van der Waals surface area (Å²) < 4.78 is 2.13. The molecule has 0 spiro atoms. The van der Waals surface area contributed by atoms with E-state index in [1.807, 2.05) is 13.0 Å². The summed E-state index contributed by atoms with van der Waals surface area (Å²) in [6.45, 7) is 2.70. The van der Waals surface area contributed by atoms with E-state index in [9.17, 15) is 4.79 Å². The second-order valence-corrected chi connectivity index (χ2v) is 8.25. The van der Waals surface area contributed by atoms with E-state index in [1.165, 1.54) is 50.2 Å². The highest BCUT2D eigenvalue weighted by Crippen LogP contribution is 2.45. The lowest BCUT2D eigenvalue weighted by molar-refractivity contribution is -0.282. The number of hydrogen-bond donors (Lipinski definition) is 1. The zero-order chi connectivity index (χ0) is 21.1. The molecule has 0 unspecified atom stereocenters. The third kappa shape index (κ3) is 3.87. The molecule has 30 heavy (non-hydrogen) atoms. The van der Waals surface area contributed by atoms with Gasteiger partial charge in [0, 0.05) is 22.2 Å². The van der Waals surface area contributed by atoms with E-state index in [4.69, 9.17) is 15.5 Å². The molecule has 3 aromatic rings. The van der Waals surface area contributed by atoms with Crippen LogP contribution >= 0.6 is 0 Å². The largest absolute Gasteiger partial charge is 0.398 e. The quantitative estimate of drug-likeness (QED) is 0.243. The fourth-order valence-corrected chi connectivity index (χ4v) is 4.90. The smallest absolute Gasteiger partial charge is 0.139 e. The highest BCUT2D eigenvalue weighted by atomic mass is 17.2. The highest BCUT2D eigenvalue weighted by molar-refractivity contribution is 5.95. The SMILES string of the molecule is COOCc1ccc2c(C3CCCCC3)c(-c3ccc(C)cc3N)n(CC=O)c2c1. The van der Waals surface area contributed by atoms with Crippen LogP contribution in [-0.4, -0.2) is 18.0 Å². The van der Waals surface area contributed by atoms with Crippen molar-refractivity contribution in [1.82, 2.24) is 4.57 Å². The molecule has 5 heteroatoms. The Hall–Kier alpha value is -2.63. The Morgan fingerprint density at radius 3 is 2.63 bits per heavy atom. The van der Waals surface area contributed by atoms with Gasteiger partial charge in [-0.05, 0) is 54.5 Å². The number of aromatic nitrogens is 1. The Kier molecular flexibility index (Phi) is 6.21. The molecule has 0 bridgehead atoms. The monoisotopic (exact) mass is 406 g/mol. The lowest BCUT2D eigenvalue weighted by Gasteiger charge is -2.24. The van der Waals surface area contributed by atoms with Crippen LogP contribution in [-0.2, 0) is 27.7 Å². The lowest BCUT2D eigenvalue weighted by Crippen LogP contribution is -2.08. The Morgan fingerprint density at radius 2 is 1.93 bits per heavy atom. The van der Waals surface area contributed by atoms with Crippen LogP contribution in [0.2, 0.25) is 0 Å². The van der Waals surface area contributed by atoms with E-state index in [1.54, 1.807) is 0 Å². The van der Waals surface area contributed by atoms with E-state index in [2.05, 4.69) is 34.9 Å². The van der Waals surface area contributed by atoms with Gasteiger partial charge in [-0.1, -0.05) is 43.5 Å². The zero-order valence-electron chi connectivity index (χ0n) is 17.8. The van der Waals surface area contributed by atoms with E-state index in [0.29, 0.717) is 19.1 Å². The van der Waals surface area contributed by atoms with Crippen molar-refractivity contribution in [2.45, 2.75) is 58.1 Å². The molecule has 1 heterocycles. The number of rotatable bonds is 7. The van der Waals surface area contributed by atoms with Crippen LogP contribution in [0.1, 0.15) is 54.7 Å². The number of nitrogen functional groups attached to an aromatic ring is 1. The molecule has 0 radical (unpaired) electrons. The fraction of sp³-hybridized carbons (Fsp3) is 0.400. The van der Waals surface area contributed by atoms with Gasteiger partial charge in [0.2, 0.25) is 0 Å². The Morgan fingerprint density at radius 1 is 1.13 bits per heavy atom. The average Bonchev–Trinajstić information content (AvgIpc) is 3.06. The number of benzene rings is 2. The number of aldehydes is 1. The van der Waals surface area contributed by atoms with Gasteiger partial charge < -0.3 is 15.1 Å². The second kappa shape index (κ2) is 9.02. The summed E-state index contributed by atoms with van der Waals surface area (Å²) in [6, 6.07) is 12.6. The van der Waals surface area contributed by atoms with Gasteiger partial charge >= 0.3 is 0 Å². The van der Waals surface area contributed by atoms with Gasteiger partial charge in [-0.3, -0.25) is 0 Å². The molecule has 0 amide bonds. The Labute approximate surface area is 177 Å². The number of carbonyl (C=O) groups is 1. The van der Waals surface area contributed by atoms with Gasteiger partial charge in [0.15, 0.2) is 0 Å². The summed E-state index contributed by atoms with van der Waals surface area (Å²) in [5.74, 6) is 0.478. The van der Waals surface area contributed by atoms with Crippen LogP contribution in [0, 0.1) is 6.92 Å². The fourth-order valence-electron chi connectivity index (χ4n) is 4.90. The summed E-state index contributed by atoms with van der Waals surface area (Å²) in [5, 5.41) is 1.21. The van der Waals surface area contributed by atoms with Crippen molar-refractivity contribution >= 4 is 22.9 Å². The highest BCUT2D eigenvalue weighted by Gasteiger charge is 2.27. The molecule has 1 aliphatic rings. The molecule has 0 aliphatic heterocycles. The third-order valence-electron chi connectivity index (χ3n) is 6.24. The van der Waals surface area contributed by atoms with E-state index in [0.717, 1.165) is 39.9 Å². The van der Waals surface area contributed by atoms with E-state index in [-0.39, 0.29) is 0 Å². The van der Waals surface area contributed by atoms with Gasteiger partial charge in [0.05, 0.1) is 19.3 Å². The molecule has 1 aromatic heterocycles. The van der Waals surface area contributed by atoms with E-state index < -0.39 is 0 Å². The Bertz CT molecular complexity index is 1050. The summed E-state index contributed by atoms with van der Waals surface area (Å²) in [6.07, 6.45) is 7.10. The minimum atomic E-state index is 0.292. The summed E-state index contributed by atoms with van der Waals surface area (Å²) in [4.78, 5) is 21.6. The number of carbonyl (C=O) groups excluding carboxylic acids is 1. The molecule has 158 valence electrons. The molecule has 5 nitrogen and oxygen atoms in total. The molecule has 1 aliphatic carbocycles. The summed E-state index contributed by atoms with van der Waals surface area (Å²) in [7, 11) is 1.51. The Balaban J connectivity index is 1.99. The van der Waals surface area contributed by atoms with Crippen LogP contribution in [0.3, 0.4) is 0 Å². The van der Waals surface area contributed by atoms with Crippen molar-refractivity contribution in [3.05, 3.63) is 53.1 Å². The molecular formula is C25H30N2O3. The maximum Gasteiger partial charge on any atom is 0.139 e. The number of anilines is 1. The average molecular weight is 407 g/mol. The second-order valence-electron chi connectivity index (χ2n) is 8.25. The van der Waals surface area contributed by atoms with Crippen molar-refractivity contribution < 1.29 is 14.6 Å². The normalized spacial score (nSPS) is 15.0. The van der Waals surface area contributed by atoms with Crippen LogP contribution in [0.5, 0.6) is 0 Å². The minimum absolute atomic E-state index is 0.292. The maximum absolute atomic E-state index is 11.7. The first-order valence-electron chi connectivity index (χ1n) is 10.7. The standard InChI is InChI=1S/C25H30N2O3/c1-17-8-10-20(22(26)14-17)25-24(19-6-4-3-5-7-19)21-11-9-18(16-30-29-2)15-23(21)27(25)12-13-28/h8-11,13-15,19H,3-7,12,16,26H2,1-2H3. The first kappa shape index (κ1) is 20.6. The molecule has 0 atom stereocenters. The van der Waals surface area contributed by atoms with Crippen LogP contribution in [0.25, 0.3) is 22.2 Å². The van der Waals surface area contributed by atoms with Gasteiger partial charge in [0.25, 0.3) is 0 Å². The molecule has 0 saturated heterocycles. The maximum atomic E-state index is 11.7. The number of fused-ring (bicyclic) bond motifs is 1. The lowest BCUT2D eigenvalue weighted by atomic mass is 9.81. The summed E-state index contributed by atoms with van der Waals surface area (Å²) in [5.41, 5.74) is 13.9. The molecule has 1 fully saturated rings. The van der Waals surface area contributed by atoms with Gasteiger partial charge in [0.1, 0.15) is 12.9 Å². The topological polar surface area (TPSA) is 66.5 Å². The number of hydrogen-bond acceptors (Lipinski definition) is 4. The zero-order valence-corrected chi connectivity index (χ0v) is 17.8. The number of nitrogens with two attached hydrogens (primary N) is 1. The molecule has 2 N–H and O–H groups in total. The number of aryl methyl sites for hydroxylation is 1.